The second-order valence-electron chi connectivity index (χ2n) is 3.64. The molecule has 0 aromatic carbocycles. The number of Topliss-reactive ketones (excluding diaryl/α,β-unsaturated/α-hetero) is 1. The maximum atomic E-state index is 11.3. The number of aromatic nitrogens is 4. The molecule has 5 heteroatoms. The van der Waals surface area contributed by atoms with Crippen LogP contribution in [0, 0.1) is 6.92 Å². The lowest BCUT2D eigenvalue weighted by atomic mass is 10.3. The van der Waals surface area contributed by atoms with Crippen LogP contribution in [0.4, 0.5) is 0 Å². The summed E-state index contributed by atoms with van der Waals surface area (Å²) in [6.07, 6.45) is 5.20. The molecule has 2 heterocycles. The molecule has 0 saturated carbocycles. The SMILES string of the molecule is CC(=O)c1nc(-c2cnc(C)nc2)cn1C. The van der Waals surface area contributed by atoms with E-state index < -0.39 is 0 Å². The van der Waals surface area contributed by atoms with Gasteiger partial charge in [0.1, 0.15) is 5.82 Å². The monoisotopic (exact) mass is 216 g/mol. The van der Waals surface area contributed by atoms with E-state index in [1.165, 1.54) is 6.92 Å². The fourth-order valence-electron chi connectivity index (χ4n) is 1.46. The van der Waals surface area contributed by atoms with Crippen LogP contribution in [0.3, 0.4) is 0 Å². The minimum absolute atomic E-state index is 0.0539. The summed E-state index contributed by atoms with van der Waals surface area (Å²) in [5.41, 5.74) is 1.53. The van der Waals surface area contributed by atoms with E-state index in [2.05, 4.69) is 15.0 Å². The topological polar surface area (TPSA) is 60.7 Å². The zero-order valence-electron chi connectivity index (χ0n) is 9.43. The number of hydrogen-bond acceptors (Lipinski definition) is 4. The van der Waals surface area contributed by atoms with Crippen LogP contribution in [-0.2, 0) is 7.05 Å². The van der Waals surface area contributed by atoms with E-state index in [0.717, 1.165) is 5.56 Å². The first-order valence-corrected chi connectivity index (χ1v) is 4.91. The molecule has 2 rings (SSSR count). The highest BCUT2D eigenvalue weighted by atomic mass is 16.1. The summed E-state index contributed by atoms with van der Waals surface area (Å²) < 4.78 is 1.71. The molecule has 0 atom stereocenters. The summed E-state index contributed by atoms with van der Waals surface area (Å²) in [6.45, 7) is 3.32. The zero-order valence-corrected chi connectivity index (χ0v) is 9.43. The van der Waals surface area contributed by atoms with E-state index in [1.807, 2.05) is 6.92 Å². The lowest BCUT2D eigenvalue weighted by Crippen LogP contribution is -2.01. The van der Waals surface area contributed by atoms with Crippen molar-refractivity contribution in [3.8, 4) is 11.3 Å². The Labute approximate surface area is 93.2 Å². The van der Waals surface area contributed by atoms with Gasteiger partial charge in [0.05, 0.1) is 5.69 Å². The smallest absolute Gasteiger partial charge is 0.195 e. The van der Waals surface area contributed by atoms with Gasteiger partial charge < -0.3 is 4.57 Å². The van der Waals surface area contributed by atoms with Crippen LogP contribution < -0.4 is 0 Å². The Kier molecular flexibility index (Phi) is 2.52. The molecular formula is C11H12N4O. The number of carbonyl (C=O) groups is 1. The van der Waals surface area contributed by atoms with Crippen LogP contribution in [0.1, 0.15) is 23.4 Å². The molecule has 0 saturated heterocycles. The Morgan fingerprint density at radius 1 is 1.31 bits per heavy atom. The van der Waals surface area contributed by atoms with Crippen LogP contribution in [0.15, 0.2) is 18.6 Å². The lowest BCUT2D eigenvalue weighted by Gasteiger charge is -1.94. The highest BCUT2D eigenvalue weighted by Gasteiger charge is 2.10. The lowest BCUT2D eigenvalue weighted by molar-refractivity contribution is 0.100. The molecule has 2 aromatic rings. The van der Waals surface area contributed by atoms with Gasteiger partial charge >= 0.3 is 0 Å². The first-order valence-electron chi connectivity index (χ1n) is 4.91. The molecule has 0 aliphatic carbocycles. The van der Waals surface area contributed by atoms with Gasteiger partial charge in [-0.25, -0.2) is 15.0 Å². The molecule has 0 aliphatic heterocycles. The molecule has 0 spiro atoms. The molecule has 5 nitrogen and oxygen atoms in total. The number of carbonyl (C=O) groups excluding carboxylic acids is 1. The average molecular weight is 216 g/mol. The third-order valence-electron chi connectivity index (χ3n) is 2.27. The molecule has 2 aromatic heterocycles. The number of aryl methyl sites for hydroxylation is 2. The second-order valence-corrected chi connectivity index (χ2v) is 3.64. The van der Waals surface area contributed by atoms with Gasteiger partial charge in [0.2, 0.25) is 0 Å². The number of ketones is 1. The van der Waals surface area contributed by atoms with Gasteiger partial charge in [-0.3, -0.25) is 4.79 Å². The third-order valence-corrected chi connectivity index (χ3v) is 2.27. The van der Waals surface area contributed by atoms with Gasteiger partial charge in [0.15, 0.2) is 11.6 Å². The first kappa shape index (κ1) is 10.5. The third kappa shape index (κ3) is 1.84. The van der Waals surface area contributed by atoms with Gasteiger partial charge in [-0.05, 0) is 6.92 Å². The summed E-state index contributed by atoms with van der Waals surface area (Å²) in [6, 6.07) is 0. The molecule has 0 aliphatic rings. The largest absolute Gasteiger partial charge is 0.331 e. The molecule has 0 unspecified atom stereocenters. The fourth-order valence-corrected chi connectivity index (χ4v) is 1.46. The first-order chi connectivity index (χ1) is 7.58. The van der Waals surface area contributed by atoms with Crippen molar-refractivity contribution in [1.82, 2.24) is 19.5 Å². The van der Waals surface area contributed by atoms with Gasteiger partial charge in [-0.15, -0.1) is 0 Å². The van der Waals surface area contributed by atoms with Crippen molar-refractivity contribution in [3.05, 3.63) is 30.2 Å². The Morgan fingerprint density at radius 3 is 2.44 bits per heavy atom. The van der Waals surface area contributed by atoms with Crippen molar-refractivity contribution in [3.63, 3.8) is 0 Å². The van der Waals surface area contributed by atoms with E-state index in [0.29, 0.717) is 17.3 Å². The van der Waals surface area contributed by atoms with Crippen molar-refractivity contribution in [2.75, 3.05) is 0 Å². The molecule has 0 amide bonds. The van der Waals surface area contributed by atoms with Gasteiger partial charge in [0.25, 0.3) is 0 Å². The second kappa shape index (κ2) is 3.84. The predicted molar refractivity (Wildman–Crippen MR) is 59.0 cm³/mol. The van der Waals surface area contributed by atoms with Crippen molar-refractivity contribution >= 4 is 5.78 Å². The van der Waals surface area contributed by atoms with Crippen LogP contribution in [0.2, 0.25) is 0 Å². The number of hydrogen-bond donors (Lipinski definition) is 0. The normalized spacial score (nSPS) is 10.4. The molecule has 0 fully saturated rings. The van der Waals surface area contributed by atoms with Gasteiger partial charge in [0, 0.05) is 38.1 Å². The number of rotatable bonds is 2. The minimum Gasteiger partial charge on any atom is -0.331 e. The molecule has 0 N–H and O–H groups in total. The van der Waals surface area contributed by atoms with Crippen LogP contribution in [0.5, 0.6) is 0 Å². The minimum atomic E-state index is -0.0539. The molecule has 0 radical (unpaired) electrons. The van der Waals surface area contributed by atoms with Crippen molar-refractivity contribution in [2.45, 2.75) is 13.8 Å². The number of imidazole rings is 1. The Morgan fingerprint density at radius 2 is 1.94 bits per heavy atom. The van der Waals surface area contributed by atoms with Crippen LogP contribution >= 0.6 is 0 Å². The van der Waals surface area contributed by atoms with Gasteiger partial charge in [-0.2, -0.15) is 0 Å². The van der Waals surface area contributed by atoms with Crippen molar-refractivity contribution in [1.29, 1.82) is 0 Å². The quantitative estimate of drug-likeness (QED) is 0.712. The summed E-state index contributed by atoms with van der Waals surface area (Å²) >= 11 is 0. The standard InChI is InChI=1S/C11H12N4O/c1-7(16)11-14-10(6-15(11)3)9-4-12-8(2)13-5-9/h4-6H,1-3H3. The number of nitrogens with zero attached hydrogens (tertiary/aromatic N) is 4. The highest BCUT2D eigenvalue weighted by molar-refractivity contribution is 5.91. The Balaban J connectivity index is 2.45. The average Bonchev–Trinajstić information content (AvgIpc) is 2.61. The van der Waals surface area contributed by atoms with Crippen LogP contribution in [0.25, 0.3) is 11.3 Å². The summed E-state index contributed by atoms with van der Waals surface area (Å²) in [7, 11) is 1.79. The Bertz CT molecular complexity index is 527. The van der Waals surface area contributed by atoms with E-state index >= 15 is 0 Å². The maximum absolute atomic E-state index is 11.3. The van der Waals surface area contributed by atoms with E-state index in [1.54, 1.807) is 30.2 Å². The van der Waals surface area contributed by atoms with Crippen molar-refractivity contribution in [2.24, 2.45) is 7.05 Å². The van der Waals surface area contributed by atoms with E-state index in [9.17, 15) is 4.79 Å². The van der Waals surface area contributed by atoms with Crippen molar-refractivity contribution < 1.29 is 4.79 Å². The summed E-state index contributed by atoms with van der Waals surface area (Å²) in [5.74, 6) is 1.10. The summed E-state index contributed by atoms with van der Waals surface area (Å²) in [4.78, 5) is 23.7. The van der Waals surface area contributed by atoms with E-state index in [-0.39, 0.29) is 5.78 Å². The van der Waals surface area contributed by atoms with E-state index in [4.69, 9.17) is 0 Å². The van der Waals surface area contributed by atoms with Gasteiger partial charge in [-0.1, -0.05) is 0 Å². The zero-order chi connectivity index (χ0) is 11.7. The molecule has 0 bridgehead atoms. The Hall–Kier alpha value is -2.04. The maximum Gasteiger partial charge on any atom is 0.195 e. The fraction of sp³-hybridized carbons (Fsp3) is 0.273. The molecular weight excluding hydrogens is 204 g/mol. The highest BCUT2D eigenvalue weighted by Crippen LogP contribution is 2.16. The molecule has 16 heavy (non-hydrogen) atoms. The van der Waals surface area contributed by atoms with Crippen LogP contribution in [-0.4, -0.2) is 25.3 Å². The predicted octanol–water partition coefficient (Wildman–Crippen LogP) is 1.39. The molecule has 82 valence electrons. The summed E-state index contributed by atoms with van der Waals surface area (Å²) in [5, 5.41) is 0.